The quantitative estimate of drug-likeness (QED) is 0.619. The Morgan fingerprint density at radius 3 is 2.25 bits per heavy atom. The number of esters is 1. The summed E-state index contributed by atoms with van der Waals surface area (Å²) in [5.41, 5.74) is -0.124. The standard InChI is InChI=1S/C12H25NO3/c1-5-10(11(15)16-4)13-8-12(6-2,7-3)9-14/h10,13-14H,5-9H2,1-4H3. The Hall–Kier alpha value is -0.610. The zero-order valence-corrected chi connectivity index (χ0v) is 10.9. The summed E-state index contributed by atoms with van der Waals surface area (Å²) in [5, 5.41) is 12.6. The van der Waals surface area contributed by atoms with Crippen molar-refractivity contribution in [1.29, 1.82) is 0 Å². The predicted molar refractivity (Wildman–Crippen MR) is 64.2 cm³/mol. The lowest BCUT2D eigenvalue weighted by Crippen LogP contribution is -2.45. The Balaban J connectivity index is 4.32. The summed E-state index contributed by atoms with van der Waals surface area (Å²) in [6.07, 6.45) is 2.48. The monoisotopic (exact) mass is 231 g/mol. The van der Waals surface area contributed by atoms with Gasteiger partial charge in [0.15, 0.2) is 0 Å². The highest BCUT2D eigenvalue weighted by atomic mass is 16.5. The fourth-order valence-corrected chi connectivity index (χ4v) is 1.66. The van der Waals surface area contributed by atoms with Crippen LogP contribution in [0.15, 0.2) is 0 Å². The number of carbonyl (C=O) groups excluding carboxylic acids is 1. The zero-order valence-electron chi connectivity index (χ0n) is 10.9. The molecule has 4 nitrogen and oxygen atoms in total. The molecule has 0 aromatic heterocycles. The smallest absolute Gasteiger partial charge is 0.322 e. The number of carbonyl (C=O) groups is 1. The van der Waals surface area contributed by atoms with E-state index in [9.17, 15) is 9.90 Å². The highest BCUT2D eigenvalue weighted by Gasteiger charge is 2.27. The molecule has 0 saturated heterocycles. The molecule has 1 unspecified atom stereocenters. The first kappa shape index (κ1) is 15.4. The van der Waals surface area contributed by atoms with Crippen molar-refractivity contribution in [3.05, 3.63) is 0 Å². The van der Waals surface area contributed by atoms with Crippen LogP contribution >= 0.6 is 0 Å². The van der Waals surface area contributed by atoms with Crippen LogP contribution in [0.4, 0.5) is 0 Å². The molecule has 0 aliphatic rings. The van der Waals surface area contributed by atoms with E-state index in [1.807, 2.05) is 6.92 Å². The summed E-state index contributed by atoms with van der Waals surface area (Å²) in [6, 6.07) is -0.269. The molecule has 0 radical (unpaired) electrons. The highest BCUT2D eigenvalue weighted by molar-refractivity contribution is 5.75. The SMILES string of the molecule is CCC(NCC(CC)(CC)CO)C(=O)OC. The van der Waals surface area contributed by atoms with Gasteiger partial charge in [-0.05, 0) is 19.3 Å². The topological polar surface area (TPSA) is 58.6 Å². The van der Waals surface area contributed by atoms with E-state index >= 15 is 0 Å². The number of aliphatic hydroxyl groups is 1. The third-order valence-corrected chi connectivity index (χ3v) is 3.45. The molecule has 2 N–H and O–H groups in total. The lowest BCUT2D eigenvalue weighted by Gasteiger charge is -2.31. The van der Waals surface area contributed by atoms with E-state index in [1.165, 1.54) is 7.11 Å². The third kappa shape index (κ3) is 4.10. The van der Waals surface area contributed by atoms with Crippen LogP contribution in [0, 0.1) is 5.41 Å². The first-order valence-electron chi connectivity index (χ1n) is 6.01. The van der Waals surface area contributed by atoms with Gasteiger partial charge in [-0.25, -0.2) is 0 Å². The maximum absolute atomic E-state index is 11.4. The van der Waals surface area contributed by atoms with E-state index in [1.54, 1.807) is 0 Å². The van der Waals surface area contributed by atoms with Crippen molar-refractivity contribution in [2.24, 2.45) is 5.41 Å². The minimum absolute atomic E-state index is 0.124. The largest absolute Gasteiger partial charge is 0.468 e. The van der Waals surface area contributed by atoms with Gasteiger partial charge in [-0.15, -0.1) is 0 Å². The summed E-state index contributed by atoms with van der Waals surface area (Å²) in [5.74, 6) is -0.235. The predicted octanol–water partition coefficient (Wildman–Crippen LogP) is 1.33. The maximum Gasteiger partial charge on any atom is 0.322 e. The van der Waals surface area contributed by atoms with Gasteiger partial charge in [0.25, 0.3) is 0 Å². The lowest BCUT2D eigenvalue weighted by atomic mass is 9.83. The summed E-state index contributed by atoms with van der Waals surface area (Å²) in [7, 11) is 1.39. The molecular formula is C12H25NO3. The van der Waals surface area contributed by atoms with Crippen molar-refractivity contribution in [1.82, 2.24) is 5.32 Å². The highest BCUT2D eigenvalue weighted by Crippen LogP contribution is 2.24. The average molecular weight is 231 g/mol. The van der Waals surface area contributed by atoms with Gasteiger partial charge in [0.2, 0.25) is 0 Å². The van der Waals surface area contributed by atoms with E-state index < -0.39 is 0 Å². The van der Waals surface area contributed by atoms with Gasteiger partial charge in [-0.3, -0.25) is 4.79 Å². The van der Waals surface area contributed by atoms with Crippen LogP contribution in [0.25, 0.3) is 0 Å². The van der Waals surface area contributed by atoms with Crippen LogP contribution in [0.2, 0.25) is 0 Å². The van der Waals surface area contributed by atoms with Gasteiger partial charge in [-0.1, -0.05) is 20.8 Å². The lowest BCUT2D eigenvalue weighted by molar-refractivity contribution is -0.143. The van der Waals surface area contributed by atoms with Gasteiger partial charge in [-0.2, -0.15) is 0 Å². The van der Waals surface area contributed by atoms with E-state index in [-0.39, 0.29) is 24.0 Å². The zero-order chi connectivity index (χ0) is 12.6. The molecule has 16 heavy (non-hydrogen) atoms. The summed E-state index contributed by atoms with van der Waals surface area (Å²) < 4.78 is 4.71. The summed E-state index contributed by atoms with van der Waals surface area (Å²) in [6.45, 7) is 6.84. The molecule has 0 aromatic carbocycles. The minimum Gasteiger partial charge on any atom is -0.468 e. The van der Waals surface area contributed by atoms with Crippen LogP contribution in [0.3, 0.4) is 0 Å². The maximum atomic E-state index is 11.4. The molecule has 0 spiro atoms. The number of aliphatic hydroxyl groups excluding tert-OH is 1. The number of methoxy groups -OCH3 is 1. The average Bonchev–Trinajstić information content (AvgIpc) is 2.35. The second-order valence-electron chi connectivity index (χ2n) is 4.23. The van der Waals surface area contributed by atoms with E-state index in [0.717, 1.165) is 12.8 Å². The van der Waals surface area contributed by atoms with E-state index in [4.69, 9.17) is 4.74 Å². The fraction of sp³-hybridized carbons (Fsp3) is 0.917. The van der Waals surface area contributed by atoms with Gasteiger partial charge in [0.1, 0.15) is 6.04 Å². The van der Waals surface area contributed by atoms with Crippen LogP contribution < -0.4 is 5.32 Å². The number of nitrogens with one attached hydrogen (secondary N) is 1. The van der Waals surface area contributed by atoms with Gasteiger partial charge in [0, 0.05) is 18.6 Å². The molecule has 0 aliphatic heterocycles. The Bertz CT molecular complexity index is 194. The van der Waals surface area contributed by atoms with Crippen molar-refractivity contribution in [2.45, 2.75) is 46.1 Å². The van der Waals surface area contributed by atoms with Crippen LogP contribution in [-0.4, -0.2) is 37.4 Å². The molecule has 0 bridgehead atoms. The van der Waals surface area contributed by atoms with Crippen molar-refractivity contribution in [3.63, 3.8) is 0 Å². The second-order valence-corrected chi connectivity index (χ2v) is 4.23. The van der Waals surface area contributed by atoms with Gasteiger partial charge in [0.05, 0.1) is 7.11 Å². The van der Waals surface area contributed by atoms with E-state index in [0.29, 0.717) is 13.0 Å². The fourth-order valence-electron chi connectivity index (χ4n) is 1.66. The summed E-state index contributed by atoms with van der Waals surface area (Å²) >= 11 is 0. The number of hydrogen-bond acceptors (Lipinski definition) is 4. The molecule has 96 valence electrons. The third-order valence-electron chi connectivity index (χ3n) is 3.45. The molecule has 0 rings (SSSR count). The number of rotatable bonds is 8. The van der Waals surface area contributed by atoms with Gasteiger partial charge >= 0.3 is 5.97 Å². The molecule has 0 heterocycles. The molecule has 0 amide bonds. The molecule has 1 atom stereocenters. The van der Waals surface area contributed by atoms with Crippen molar-refractivity contribution >= 4 is 5.97 Å². The summed E-state index contributed by atoms with van der Waals surface area (Å²) in [4.78, 5) is 11.4. The van der Waals surface area contributed by atoms with Crippen molar-refractivity contribution in [3.8, 4) is 0 Å². The van der Waals surface area contributed by atoms with Crippen LogP contribution in [0.5, 0.6) is 0 Å². The van der Waals surface area contributed by atoms with Gasteiger partial charge < -0.3 is 15.2 Å². The molecule has 0 aromatic rings. The first-order valence-corrected chi connectivity index (χ1v) is 6.01. The molecule has 0 saturated carbocycles. The first-order chi connectivity index (χ1) is 7.59. The molecule has 0 aliphatic carbocycles. The Morgan fingerprint density at radius 1 is 1.38 bits per heavy atom. The molecular weight excluding hydrogens is 206 g/mol. The second kappa shape index (κ2) is 7.63. The molecule has 4 heteroatoms. The Morgan fingerprint density at radius 2 is 1.94 bits per heavy atom. The minimum atomic E-state index is -0.269. The Kier molecular flexibility index (Phi) is 7.34. The Labute approximate surface area is 98.4 Å². The van der Waals surface area contributed by atoms with Crippen LogP contribution in [-0.2, 0) is 9.53 Å². The normalized spacial score (nSPS) is 13.6. The van der Waals surface area contributed by atoms with Crippen molar-refractivity contribution < 1.29 is 14.6 Å². The van der Waals surface area contributed by atoms with Crippen LogP contribution in [0.1, 0.15) is 40.0 Å². The molecule has 0 fully saturated rings. The van der Waals surface area contributed by atoms with E-state index in [2.05, 4.69) is 19.2 Å². The number of ether oxygens (including phenoxy) is 1. The number of hydrogen-bond donors (Lipinski definition) is 2. The van der Waals surface area contributed by atoms with Crippen molar-refractivity contribution in [2.75, 3.05) is 20.3 Å².